The van der Waals surface area contributed by atoms with Gasteiger partial charge < -0.3 is 9.52 Å². The first kappa shape index (κ1) is 17.7. The Hall–Kier alpha value is -2.65. The van der Waals surface area contributed by atoms with Crippen LogP contribution >= 0.6 is 11.8 Å². The monoisotopic (exact) mass is 374 g/mol. The van der Waals surface area contributed by atoms with E-state index in [1.807, 2.05) is 23.9 Å². The highest BCUT2D eigenvalue weighted by Gasteiger charge is 2.14. The van der Waals surface area contributed by atoms with Crippen molar-refractivity contribution < 1.29 is 9.52 Å². The van der Waals surface area contributed by atoms with E-state index in [0.29, 0.717) is 11.5 Å². The van der Waals surface area contributed by atoms with Crippen LogP contribution in [0.15, 0.2) is 89.5 Å². The first-order valence-electron chi connectivity index (χ1n) is 9.18. The molecule has 136 valence electrons. The molecule has 27 heavy (non-hydrogen) atoms. The molecule has 0 radical (unpaired) electrons. The Bertz CT molecular complexity index is 953. The van der Waals surface area contributed by atoms with Gasteiger partial charge in [0.25, 0.3) is 0 Å². The molecule has 0 unspecified atom stereocenters. The molecule has 1 heterocycles. The smallest absolute Gasteiger partial charge is 0.175 e. The summed E-state index contributed by atoms with van der Waals surface area (Å²) in [5, 5.41) is 10.9. The summed E-state index contributed by atoms with van der Waals surface area (Å²) in [6.45, 7) is 0. The fourth-order valence-corrected chi connectivity index (χ4v) is 4.48. The number of aromatic hydroxyl groups is 1. The first-order chi connectivity index (χ1) is 13.3. The molecule has 0 aliphatic heterocycles. The quantitative estimate of drug-likeness (QED) is 0.370. The number of fused-ring (bicyclic) bond motifs is 1. The summed E-state index contributed by atoms with van der Waals surface area (Å²) in [7, 11) is 0. The molecule has 1 N–H and O–H groups in total. The highest BCUT2D eigenvalue weighted by molar-refractivity contribution is 7.98. The van der Waals surface area contributed by atoms with E-state index in [2.05, 4.69) is 60.7 Å². The molecule has 0 amide bonds. The average Bonchev–Trinajstić information content (AvgIpc) is 3.14. The molecule has 0 aliphatic carbocycles. The van der Waals surface area contributed by atoms with Gasteiger partial charge in [-0.1, -0.05) is 72.8 Å². The second-order valence-corrected chi connectivity index (χ2v) is 7.74. The molecular formula is C24H22O2S. The summed E-state index contributed by atoms with van der Waals surface area (Å²) in [6.07, 6.45) is 2.85. The molecule has 0 bridgehead atoms. The van der Waals surface area contributed by atoms with Crippen molar-refractivity contribution in [1.29, 1.82) is 0 Å². The number of thioether (sulfide) groups is 1. The van der Waals surface area contributed by atoms with Crippen LogP contribution in [0.3, 0.4) is 0 Å². The molecular weight excluding hydrogens is 352 g/mol. The molecule has 3 heteroatoms. The van der Waals surface area contributed by atoms with Gasteiger partial charge in [0.2, 0.25) is 0 Å². The van der Waals surface area contributed by atoms with Gasteiger partial charge in [-0.05, 0) is 29.4 Å². The minimum atomic E-state index is 0.206. The van der Waals surface area contributed by atoms with Crippen molar-refractivity contribution in [2.75, 3.05) is 5.75 Å². The minimum absolute atomic E-state index is 0.206. The maximum atomic E-state index is 9.88. The Morgan fingerprint density at radius 3 is 2.15 bits per heavy atom. The van der Waals surface area contributed by atoms with Gasteiger partial charge in [-0.2, -0.15) is 11.8 Å². The van der Waals surface area contributed by atoms with Crippen LogP contribution < -0.4 is 0 Å². The molecule has 2 nitrogen and oxygen atoms in total. The molecule has 4 rings (SSSR count). The van der Waals surface area contributed by atoms with Crippen LogP contribution in [0, 0.1) is 0 Å². The Kier molecular flexibility index (Phi) is 5.50. The number of hydrogen-bond donors (Lipinski definition) is 1. The lowest BCUT2D eigenvalue weighted by Crippen LogP contribution is -2.02. The highest BCUT2D eigenvalue weighted by atomic mass is 32.2. The standard InChI is InChI=1S/C24H22O2S/c25-23-13-7-12-22-20(16-26-24(22)23)17-27-15-14-21(18-8-3-1-4-9-18)19-10-5-2-6-11-19/h1-13,16,21,25H,14-15,17H2. The van der Waals surface area contributed by atoms with Gasteiger partial charge in [0, 0.05) is 22.6 Å². The van der Waals surface area contributed by atoms with Crippen molar-refractivity contribution in [3.63, 3.8) is 0 Å². The third kappa shape index (κ3) is 4.04. The molecule has 3 aromatic carbocycles. The lowest BCUT2D eigenvalue weighted by molar-refractivity contribution is 0.465. The Labute approximate surface area is 163 Å². The normalized spacial score (nSPS) is 11.3. The summed E-state index contributed by atoms with van der Waals surface area (Å²) in [5.74, 6) is 2.55. The lowest BCUT2D eigenvalue weighted by Gasteiger charge is -2.18. The third-order valence-corrected chi connectivity index (χ3v) is 5.91. The predicted molar refractivity (Wildman–Crippen MR) is 113 cm³/mol. The molecule has 1 aromatic heterocycles. The van der Waals surface area contributed by atoms with E-state index in [1.165, 1.54) is 11.1 Å². The third-order valence-electron chi connectivity index (χ3n) is 4.87. The zero-order chi connectivity index (χ0) is 18.5. The number of furan rings is 1. The van der Waals surface area contributed by atoms with Crippen LogP contribution in [0.5, 0.6) is 5.75 Å². The summed E-state index contributed by atoms with van der Waals surface area (Å²) >= 11 is 1.91. The Morgan fingerprint density at radius 1 is 0.815 bits per heavy atom. The molecule has 4 aromatic rings. The van der Waals surface area contributed by atoms with Gasteiger partial charge in [0.05, 0.1) is 6.26 Å². The summed E-state index contributed by atoms with van der Waals surface area (Å²) in [6, 6.07) is 27.0. The van der Waals surface area contributed by atoms with Gasteiger partial charge in [0.1, 0.15) is 0 Å². The van der Waals surface area contributed by atoms with Crippen LogP contribution in [-0.4, -0.2) is 10.9 Å². The van der Waals surface area contributed by atoms with Crippen molar-refractivity contribution in [3.8, 4) is 5.75 Å². The first-order valence-corrected chi connectivity index (χ1v) is 10.3. The minimum Gasteiger partial charge on any atom is -0.504 e. The van der Waals surface area contributed by atoms with E-state index in [4.69, 9.17) is 4.42 Å². The van der Waals surface area contributed by atoms with Crippen LogP contribution in [0.1, 0.15) is 29.0 Å². The van der Waals surface area contributed by atoms with E-state index in [1.54, 1.807) is 12.3 Å². The van der Waals surface area contributed by atoms with Crippen molar-refractivity contribution >= 4 is 22.7 Å². The zero-order valence-corrected chi connectivity index (χ0v) is 15.9. The Morgan fingerprint density at radius 2 is 1.48 bits per heavy atom. The number of benzene rings is 3. The van der Waals surface area contributed by atoms with Gasteiger partial charge in [-0.25, -0.2) is 0 Å². The summed E-state index contributed by atoms with van der Waals surface area (Å²) < 4.78 is 5.53. The summed E-state index contributed by atoms with van der Waals surface area (Å²) in [4.78, 5) is 0. The van der Waals surface area contributed by atoms with Crippen LogP contribution in [0.4, 0.5) is 0 Å². The van der Waals surface area contributed by atoms with Crippen molar-refractivity contribution in [3.05, 3.63) is 102 Å². The molecule has 0 spiro atoms. The summed E-state index contributed by atoms with van der Waals surface area (Å²) in [5.41, 5.74) is 4.45. The number of phenolic OH excluding ortho intramolecular Hbond substituents is 1. The molecule has 0 aliphatic rings. The van der Waals surface area contributed by atoms with Crippen molar-refractivity contribution in [2.45, 2.75) is 18.1 Å². The van der Waals surface area contributed by atoms with Gasteiger partial charge in [-0.15, -0.1) is 0 Å². The van der Waals surface area contributed by atoms with Gasteiger partial charge in [0.15, 0.2) is 11.3 Å². The zero-order valence-electron chi connectivity index (χ0n) is 15.0. The number of phenols is 1. The van der Waals surface area contributed by atoms with Crippen LogP contribution in [0.2, 0.25) is 0 Å². The van der Waals surface area contributed by atoms with Crippen molar-refractivity contribution in [1.82, 2.24) is 0 Å². The fraction of sp³-hybridized carbons (Fsp3) is 0.167. The molecule has 0 saturated carbocycles. The highest BCUT2D eigenvalue weighted by Crippen LogP contribution is 2.33. The van der Waals surface area contributed by atoms with E-state index >= 15 is 0 Å². The maximum Gasteiger partial charge on any atom is 0.175 e. The predicted octanol–water partition coefficient (Wildman–Crippen LogP) is 6.59. The van der Waals surface area contributed by atoms with E-state index in [9.17, 15) is 5.11 Å². The number of rotatable bonds is 7. The fourth-order valence-electron chi connectivity index (χ4n) is 3.49. The van der Waals surface area contributed by atoms with E-state index < -0.39 is 0 Å². The topological polar surface area (TPSA) is 33.4 Å². The molecule has 0 atom stereocenters. The van der Waals surface area contributed by atoms with E-state index in [-0.39, 0.29) is 5.75 Å². The number of hydrogen-bond acceptors (Lipinski definition) is 3. The van der Waals surface area contributed by atoms with Crippen LogP contribution in [-0.2, 0) is 5.75 Å². The second-order valence-electron chi connectivity index (χ2n) is 6.63. The van der Waals surface area contributed by atoms with Gasteiger partial charge in [-0.3, -0.25) is 0 Å². The largest absolute Gasteiger partial charge is 0.504 e. The van der Waals surface area contributed by atoms with Gasteiger partial charge >= 0.3 is 0 Å². The Balaban J connectivity index is 1.43. The van der Waals surface area contributed by atoms with E-state index in [0.717, 1.165) is 28.9 Å². The maximum absolute atomic E-state index is 9.88. The molecule has 0 saturated heterocycles. The number of para-hydroxylation sites is 1. The van der Waals surface area contributed by atoms with Crippen molar-refractivity contribution in [2.24, 2.45) is 0 Å². The lowest BCUT2D eigenvalue weighted by atomic mass is 9.89. The van der Waals surface area contributed by atoms with Crippen LogP contribution in [0.25, 0.3) is 11.0 Å². The average molecular weight is 375 g/mol. The second kappa shape index (κ2) is 8.36. The SMILES string of the molecule is Oc1cccc2c(CSCCC(c3ccccc3)c3ccccc3)coc12. The molecule has 0 fully saturated rings.